The van der Waals surface area contributed by atoms with Gasteiger partial charge in [0.1, 0.15) is 23.0 Å². The summed E-state index contributed by atoms with van der Waals surface area (Å²) in [6, 6.07) is 5.32. The van der Waals surface area contributed by atoms with E-state index in [0.717, 1.165) is 0 Å². The number of aryl methyl sites for hydroxylation is 1. The van der Waals surface area contributed by atoms with Crippen LogP contribution in [-0.2, 0) is 6.18 Å². The summed E-state index contributed by atoms with van der Waals surface area (Å²) in [5.41, 5.74) is -1.03. The molecular formula is C12H9F3N4O. The highest BCUT2D eigenvalue weighted by Crippen LogP contribution is 2.28. The maximum atomic E-state index is 12.6. The number of carbonyl (C=O) groups is 1. The summed E-state index contributed by atoms with van der Waals surface area (Å²) in [4.78, 5) is 22.6. The number of hydrogen-bond acceptors (Lipinski definition) is 4. The topological polar surface area (TPSA) is 67.8 Å². The normalized spacial score (nSPS) is 11.2. The van der Waals surface area contributed by atoms with E-state index in [1.807, 2.05) is 0 Å². The molecule has 5 nitrogen and oxygen atoms in total. The smallest absolute Gasteiger partial charge is 0.305 e. The lowest BCUT2D eigenvalue weighted by Crippen LogP contribution is -2.17. The maximum Gasteiger partial charge on any atom is 0.433 e. The Labute approximate surface area is 111 Å². The van der Waals surface area contributed by atoms with Crippen molar-refractivity contribution in [1.29, 1.82) is 0 Å². The first-order valence-electron chi connectivity index (χ1n) is 5.51. The highest BCUT2D eigenvalue weighted by molar-refractivity contribution is 6.02. The van der Waals surface area contributed by atoms with Crippen molar-refractivity contribution >= 4 is 11.7 Å². The number of alkyl halides is 3. The number of hydrogen-bond donors (Lipinski definition) is 1. The van der Waals surface area contributed by atoms with E-state index in [1.54, 1.807) is 12.1 Å². The number of anilines is 1. The van der Waals surface area contributed by atoms with Gasteiger partial charge in [-0.25, -0.2) is 9.97 Å². The van der Waals surface area contributed by atoms with Gasteiger partial charge in [0.25, 0.3) is 5.91 Å². The van der Waals surface area contributed by atoms with Gasteiger partial charge >= 0.3 is 6.18 Å². The number of carbonyl (C=O) groups excluding carboxylic acids is 1. The second-order valence-electron chi connectivity index (χ2n) is 3.85. The molecule has 2 heterocycles. The number of pyridine rings is 1. The minimum atomic E-state index is -4.60. The third-order valence-electron chi connectivity index (χ3n) is 2.27. The van der Waals surface area contributed by atoms with Crippen molar-refractivity contribution in [2.75, 3.05) is 5.32 Å². The van der Waals surface area contributed by atoms with Crippen LogP contribution in [0.25, 0.3) is 0 Å². The van der Waals surface area contributed by atoms with Gasteiger partial charge in [-0.05, 0) is 19.1 Å². The Balaban J connectivity index is 2.26. The summed E-state index contributed by atoms with van der Waals surface area (Å²) < 4.78 is 37.8. The second kappa shape index (κ2) is 5.24. The molecule has 0 saturated carbocycles. The Bertz CT molecular complexity index is 628. The first-order valence-corrected chi connectivity index (χ1v) is 5.51. The van der Waals surface area contributed by atoms with E-state index in [-0.39, 0.29) is 17.3 Å². The zero-order valence-electron chi connectivity index (χ0n) is 10.3. The molecule has 104 valence electrons. The highest BCUT2D eigenvalue weighted by atomic mass is 19.4. The number of rotatable bonds is 2. The van der Waals surface area contributed by atoms with Gasteiger partial charge in [0.2, 0.25) is 0 Å². The Morgan fingerprint density at radius 3 is 2.60 bits per heavy atom. The van der Waals surface area contributed by atoms with Gasteiger partial charge in [0.05, 0.1) is 0 Å². The molecule has 0 atom stereocenters. The van der Waals surface area contributed by atoms with E-state index >= 15 is 0 Å². The Morgan fingerprint density at radius 2 is 2.00 bits per heavy atom. The molecule has 0 aliphatic heterocycles. The summed E-state index contributed by atoms with van der Waals surface area (Å²) in [7, 11) is 0. The summed E-state index contributed by atoms with van der Waals surface area (Å²) in [6.07, 6.45) is -3.19. The lowest BCUT2D eigenvalue weighted by atomic mass is 10.3. The molecule has 0 radical (unpaired) electrons. The minimum absolute atomic E-state index is 0.0809. The number of nitrogens with zero attached hydrogens (tertiary/aromatic N) is 3. The molecule has 0 saturated heterocycles. The molecule has 2 rings (SSSR count). The van der Waals surface area contributed by atoms with E-state index in [1.165, 1.54) is 19.2 Å². The summed E-state index contributed by atoms with van der Waals surface area (Å²) >= 11 is 0. The quantitative estimate of drug-likeness (QED) is 0.918. The SMILES string of the molecule is Cc1nc(NC(=O)c2ccccn2)cc(C(F)(F)F)n1. The summed E-state index contributed by atoms with van der Waals surface area (Å²) in [6.45, 7) is 1.31. The molecule has 2 aromatic heterocycles. The molecular weight excluding hydrogens is 273 g/mol. The van der Waals surface area contributed by atoms with Crippen molar-refractivity contribution in [1.82, 2.24) is 15.0 Å². The van der Waals surface area contributed by atoms with Crippen LogP contribution in [0.5, 0.6) is 0 Å². The average Bonchev–Trinajstić information content (AvgIpc) is 2.38. The predicted octanol–water partition coefficient (Wildman–Crippen LogP) is 2.45. The monoisotopic (exact) mass is 282 g/mol. The van der Waals surface area contributed by atoms with E-state index in [9.17, 15) is 18.0 Å². The summed E-state index contributed by atoms with van der Waals surface area (Å²) in [5.74, 6) is -0.951. The fourth-order valence-electron chi connectivity index (χ4n) is 1.45. The van der Waals surface area contributed by atoms with Crippen molar-refractivity contribution < 1.29 is 18.0 Å². The van der Waals surface area contributed by atoms with Crippen LogP contribution in [0.15, 0.2) is 30.5 Å². The van der Waals surface area contributed by atoms with Gasteiger partial charge in [-0.15, -0.1) is 0 Å². The third-order valence-corrected chi connectivity index (χ3v) is 2.27. The number of aromatic nitrogens is 3. The lowest BCUT2D eigenvalue weighted by molar-refractivity contribution is -0.141. The minimum Gasteiger partial charge on any atom is -0.305 e. The zero-order valence-corrected chi connectivity index (χ0v) is 10.3. The third kappa shape index (κ3) is 3.28. The van der Waals surface area contributed by atoms with Crippen LogP contribution >= 0.6 is 0 Å². The van der Waals surface area contributed by atoms with Crippen molar-refractivity contribution in [2.24, 2.45) is 0 Å². The number of nitrogens with one attached hydrogen (secondary N) is 1. The molecule has 0 unspecified atom stereocenters. The van der Waals surface area contributed by atoms with E-state index < -0.39 is 17.8 Å². The fourth-order valence-corrected chi connectivity index (χ4v) is 1.45. The van der Waals surface area contributed by atoms with Crippen molar-refractivity contribution in [3.8, 4) is 0 Å². The van der Waals surface area contributed by atoms with Crippen LogP contribution in [0.2, 0.25) is 0 Å². The molecule has 8 heteroatoms. The second-order valence-corrected chi connectivity index (χ2v) is 3.85. The molecule has 2 aromatic rings. The van der Waals surface area contributed by atoms with E-state index in [2.05, 4.69) is 20.3 Å². The molecule has 1 N–H and O–H groups in total. The van der Waals surface area contributed by atoms with Crippen LogP contribution in [0.1, 0.15) is 22.0 Å². The van der Waals surface area contributed by atoms with Crippen LogP contribution in [0.3, 0.4) is 0 Å². The largest absolute Gasteiger partial charge is 0.433 e. The van der Waals surface area contributed by atoms with Crippen LogP contribution < -0.4 is 5.32 Å². The van der Waals surface area contributed by atoms with Gasteiger partial charge in [-0.2, -0.15) is 13.2 Å². The predicted molar refractivity (Wildman–Crippen MR) is 64.0 cm³/mol. The first-order chi connectivity index (χ1) is 9.36. The molecule has 0 aliphatic rings. The van der Waals surface area contributed by atoms with Crippen molar-refractivity contribution in [3.63, 3.8) is 0 Å². The standard InChI is InChI=1S/C12H9F3N4O/c1-7-17-9(12(13,14)15)6-10(18-7)19-11(20)8-4-2-3-5-16-8/h2-6H,1H3,(H,17,18,19,20). The Morgan fingerprint density at radius 1 is 1.25 bits per heavy atom. The highest BCUT2D eigenvalue weighted by Gasteiger charge is 2.33. The van der Waals surface area contributed by atoms with Gasteiger partial charge < -0.3 is 5.32 Å². The van der Waals surface area contributed by atoms with Crippen LogP contribution in [-0.4, -0.2) is 20.9 Å². The molecule has 1 amide bonds. The van der Waals surface area contributed by atoms with Crippen molar-refractivity contribution in [3.05, 3.63) is 47.7 Å². The number of amides is 1. The van der Waals surface area contributed by atoms with Gasteiger partial charge in [0.15, 0.2) is 0 Å². The fraction of sp³-hybridized carbons (Fsp3) is 0.167. The zero-order chi connectivity index (χ0) is 14.8. The van der Waals surface area contributed by atoms with Gasteiger partial charge in [-0.3, -0.25) is 9.78 Å². The summed E-state index contributed by atoms with van der Waals surface area (Å²) in [5, 5.41) is 2.26. The van der Waals surface area contributed by atoms with E-state index in [0.29, 0.717) is 6.07 Å². The Hall–Kier alpha value is -2.51. The van der Waals surface area contributed by atoms with Crippen LogP contribution in [0, 0.1) is 6.92 Å². The molecule has 0 fully saturated rings. The molecule has 20 heavy (non-hydrogen) atoms. The van der Waals surface area contributed by atoms with Gasteiger partial charge in [-0.1, -0.05) is 6.07 Å². The lowest BCUT2D eigenvalue weighted by Gasteiger charge is -2.09. The average molecular weight is 282 g/mol. The Kier molecular flexibility index (Phi) is 3.64. The number of halogens is 3. The van der Waals surface area contributed by atoms with Gasteiger partial charge in [0, 0.05) is 12.3 Å². The van der Waals surface area contributed by atoms with Crippen molar-refractivity contribution in [2.45, 2.75) is 13.1 Å². The maximum absolute atomic E-state index is 12.6. The molecule has 0 spiro atoms. The molecule has 0 bridgehead atoms. The van der Waals surface area contributed by atoms with Crippen LogP contribution in [0.4, 0.5) is 19.0 Å². The molecule has 0 aliphatic carbocycles. The van der Waals surface area contributed by atoms with E-state index in [4.69, 9.17) is 0 Å². The first kappa shape index (κ1) is 13.9. The molecule has 0 aromatic carbocycles.